The third-order valence-corrected chi connectivity index (χ3v) is 2.11. The molecule has 0 saturated carbocycles. The molecule has 2 aromatic carbocycles. The van der Waals surface area contributed by atoms with Gasteiger partial charge in [0.05, 0.1) is 5.56 Å². The topological polar surface area (TPSA) is 60.4 Å². The molecule has 0 amide bonds. The molecule has 0 fully saturated rings. The van der Waals surface area contributed by atoms with Crippen molar-refractivity contribution in [1.82, 2.24) is 0 Å². The molecule has 14 heavy (non-hydrogen) atoms. The Hall–Kier alpha value is -2.03. The lowest BCUT2D eigenvalue weighted by Gasteiger charge is -2.11. The zero-order valence-corrected chi connectivity index (χ0v) is 7.23. The normalized spacial score (nSPS) is 10.3. The minimum atomic E-state index is -1.01. The Balaban J connectivity index is 2.88. The number of fused-ring (bicyclic) bond motifs is 1. The van der Waals surface area contributed by atoms with Crippen LogP contribution in [-0.4, -0.2) is 11.1 Å². The van der Waals surface area contributed by atoms with Gasteiger partial charge in [0.1, 0.15) is 0 Å². The van der Waals surface area contributed by atoms with Crippen LogP contribution in [0.1, 0.15) is 10.4 Å². The number of hydrogen-bond donors (Lipinski definition) is 1. The first kappa shape index (κ1) is 8.56. The van der Waals surface area contributed by atoms with E-state index in [0.29, 0.717) is 10.8 Å². The summed E-state index contributed by atoms with van der Waals surface area (Å²) in [6.45, 7) is 0. The lowest BCUT2D eigenvalue weighted by molar-refractivity contribution is -0.265. The molecule has 0 aromatic heterocycles. The molecule has 0 aliphatic heterocycles. The van der Waals surface area contributed by atoms with Crippen molar-refractivity contribution < 1.29 is 15.0 Å². The van der Waals surface area contributed by atoms with E-state index < -0.39 is 5.97 Å². The Morgan fingerprint density at radius 2 is 1.71 bits per heavy atom. The van der Waals surface area contributed by atoms with Gasteiger partial charge in [0.15, 0.2) is 0 Å². The molecule has 0 aliphatic rings. The van der Waals surface area contributed by atoms with Crippen LogP contribution in [0.4, 0.5) is 0 Å². The standard InChI is InChI=1S/C11H8O3/c12-10-6-5-9(11(13)14)7-3-1-2-4-8(7)10/h1-6,12H,(H,13,14)/p-1. The van der Waals surface area contributed by atoms with E-state index in [1.165, 1.54) is 12.1 Å². The Kier molecular flexibility index (Phi) is 1.85. The molecule has 3 nitrogen and oxygen atoms in total. The number of carboxylic acid groups (broad SMARTS) is 1. The largest absolute Gasteiger partial charge is 0.872 e. The van der Waals surface area contributed by atoms with Crippen molar-refractivity contribution >= 4 is 16.7 Å². The van der Waals surface area contributed by atoms with Gasteiger partial charge >= 0.3 is 5.97 Å². The molecule has 0 atom stereocenters. The number of carbonyl (C=O) groups is 1. The van der Waals surface area contributed by atoms with Crippen molar-refractivity contribution in [2.45, 2.75) is 0 Å². The number of benzene rings is 2. The van der Waals surface area contributed by atoms with Gasteiger partial charge in [-0.15, -0.1) is 5.75 Å². The van der Waals surface area contributed by atoms with Crippen molar-refractivity contribution in [3.05, 3.63) is 42.0 Å². The zero-order chi connectivity index (χ0) is 10.1. The predicted octanol–water partition coefficient (Wildman–Crippen LogP) is 1.61. The number of carboxylic acids is 1. The number of hydrogen-bond acceptors (Lipinski definition) is 2. The Bertz CT molecular complexity index is 503. The Morgan fingerprint density at radius 3 is 2.36 bits per heavy atom. The van der Waals surface area contributed by atoms with Gasteiger partial charge in [-0.1, -0.05) is 30.3 Å². The average Bonchev–Trinajstić information content (AvgIpc) is 2.18. The molecule has 70 valence electrons. The van der Waals surface area contributed by atoms with E-state index in [9.17, 15) is 9.90 Å². The first-order valence-electron chi connectivity index (χ1n) is 4.12. The van der Waals surface area contributed by atoms with Crippen LogP contribution in [0.15, 0.2) is 36.4 Å². The van der Waals surface area contributed by atoms with Crippen molar-refractivity contribution in [3.8, 4) is 5.75 Å². The summed E-state index contributed by atoms with van der Waals surface area (Å²) in [5.74, 6) is -1.16. The van der Waals surface area contributed by atoms with Crippen LogP contribution < -0.4 is 5.11 Å². The molecular weight excluding hydrogens is 180 g/mol. The molecule has 0 spiro atoms. The Labute approximate surface area is 80.2 Å². The van der Waals surface area contributed by atoms with Crippen molar-refractivity contribution in [2.24, 2.45) is 0 Å². The minimum Gasteiger partial charge on any atom is -0.872 e. The summed E-state index contributed by atoms with van der Waals surface area (Å²) in [6.07, 6.45) is 0. The summed E-state index contributed by atoms with van der Waals surface area (Å²) in [4.78, 5) is 10.8. The smallest absolute Gasteiger partial charge is 0.336 e. The highest BCUT2D eigenvalue weighted by Crippen LogP contribution is 2.25. The van der Waals surface area contributed by atoms with E-state index in [0.717, 1.165) is 0 Å². The predicted molar refractivity (Wildman–Crippen MR) is 50.4 cm³/mol. The van der Waals surface area contributed by atoms with Crippen LogP contribution >= 0.6 is 0 Å². The van der Waals surface area contributed by atoms with Gasteiger partial charge in [-0.3, -0.25) is 0 Å². The molecule has 1 N–H and O–H groups in total. The van der Waals surface area contributed by atoms with Gasteiger partial charge in [0.25, 0.3) is 0 Å². The van der Waals surface area contributed by atoms with Crippen LogP contribution in [0.5, 0.6) is 5.75 Å². The summed E-state index contributed by atoms with van der Waals surface area (Å²) in [5, 5.41) is 21.2. The highest BCUT2D eigenvalue weighted by atomic mass is 16.4. The van der Waals surface area contributed by atoms with Crippen molar-refractivity contribution in [3.63, 3.8) is 0 Å². The lowest BCUT2D eigenvalue weighted by Crippen LogP contribution is -1.99. The molecule has 0 aliphatic carbocycles. The van der Waals surface area contributed by atoms with E-state index in [1.807, 2.05) is 0 Å². The van der Waals surface area contributed by atoms with E-state index in [4.69, 9.17) is 5.11 Å². The zero-order valence-electron chi connectivity index (χ0n) is 7.23. The average molecular weight is 187 g/mol. The second kappa shape index (κ2) is 3.03. The molecule has 0 bridgehead atoms. The van der Waals surface area contributed by atoms with E-state index >= 15 is 0 Å². The van der Waals surface area contributed by atoms with Gasteiger partial charge in [-0.25, -0.2) is 4.79 Å². The molecule has 0 unspecified atom stereocenters. The summed E-state index contributed by atoms with van der Waals surface area (Å²) in [5.41, 5.74) is 0.167. The van der Waals surface area contributed by atoms with Crippen LogP contribution in [0.2, 0.25) is 0 Å². The summed E-state index contributed by atoms with van der Waals surface area (Å²) < 4.78 is 0. The van der Waals surface area contributed by atoms with Gasteiger partial charge in [-0.2, -0.15) is 0 Å². The van der Waals surface area contributed by atoms with Crippen LogP contribution in [0, 0.1) is 0 Å². The second-order valence-corrected chi connectivity index (χ2v) is 2.96. The SMILES string of the molecule is O=C(O)c1ccc([O-])c2ccccc12. The molecule has 0 heterocycles. The molecule has 2 rings (SSSR count). The van der Waals surface area contributed by atoms with E-state index in [2.05, 4.69) is 0 Å². The van der Waals surface area contributed by atoms with E-state index in [-0.39, 0.29) is 11.3 Å². The maximum absolute atomic E-state index is 11.4. The number of rotatable bonds is 1. The molecule has 3 heteroatoms. The monoisotopic (exact) mass is 187 g/mol. The molecule has 0 saturated heterocycles. The highest BCUT2D eigenvalue weighted by Gasteiger charge is 2.06. The van der Waals surface area contributed by atoms with Gasteiger partial charge in [-0.05, 0) is 16.8 Å². The third-order valence-electron chi connectivity index (χ3n) is 2.11. The quantitative estimate of drug-likeness (QED) is 0.737. The fraction of sp³-hybridized carbons (Fsp3) is 0. The fourth-order valence-corrected chi connectivity index (χ4v) is 1.46. The summed E-state index contributed by atoms with van der Waals surface area (Å²) in [6, 6.07) is 9.33. The van der Waals surface area contributed by atoms with Crippen LogP contribution in [0.25, 0.3) is 10.8 Å². The van der Waals surface area contributed by atoms with Crippen LogP contribution in [-0.2, 0) is 0 Å². The maximum Gasteiger partial charge on any atom is 0.336 e. The molecule has 0 radical (unpaired) electrons. The van der Waals surface area contributed by atoms with Gasteiger partial charge in [0.2, 0.25) is 0 Å². The first-order valence-corrected chi connectivity index (χ1v) is 4.12. The third kappa shape index (κ3) is 1.19. The van der Waals surface area contributed by atoms with Gasteiger partial charge in [0, 0.05) is 0 Å². The lowest BCUT2D eigenvalue weighted by atomic mass is 10.0. The summed E-state index contributed by atoms with van der Waals surface area (Å²) >= 11 is 0. The summed E-state index contributed by atoms with van der Waals surface area (Å²) in [7, 11) is 0. The molecule has 2 aromatic rings. The van der Waals surface area contributed by atoms with E-state index in [1.54, 1.807) is 24.3 Å². The maximum atomic E-state index is 11.4. The minimum absolute atomic E-state index is 0.148. The van der Waals surface area contributed by atoms with Crippen molar-refractivity contribution in [1.29, 1.82) is 0 Å². The van der Waals surface area contributed by atoms with Crippen LogP contribution in [0.3, 0.4) is 0 Å². The fourth-order valence-electron chi connectivity index (χ4n) is 1.46. The second-order valence-electron chi connectivity index (χ2n) is 2.96. The van der Waals surface area contributed by atoms with Crippen molar-refractivity contribution in [2.75, 3.05) is 0 Å². The first-order chi connectivity index (χ1) is 6.70. The van der Waals surface area contributed by atoms with Gasteiger partial charge < -0.3 is 10.2 Å². The number of aromatic carboxylic acids is 1. The molecular formula is C11H7O3-. The highest BCUT2D eigenvalue weighted by molar-refractivity contribution is 6.05. The Morgan fingerprint density at radius 1 is 1.07 bits per heavy atom.